The average Bonchev–Trinajstić information content (AvgIpc) is 3.24. The Balaban J connectivity index is 1.63. The topological polar surface area (TPSA) is 115 Å². The fourth-order valence-electron chi connectivity index (χ4n) is 3.57. The minimum Gasteiger partial charge on any atom is -0.452 e. The summed E-state index contributed by atoms with van der Waals surface area (Å²) < 4.78 is 20.5. The number of hydrogen-bond acceptors (Lipinski definition) is 6. The van der Waals surface area contributed by atoms with Crippen LogP contribution in [0, 0.1) is 5.82 Å². The van der Waals surface area contributed by atoms with Crippen molar-refractivity contribution in [2.45, 2.75) is 26.4 Å². The number of ether oxygens (including phenoxy) is 1. The highest BCUT2D eigenvalue weighted by Crippen LogP contribution is 2.26. The van der Waals surface area contributed by atoms with Crippen molar-refractivity contribution in [2.24, 2.45) is 0 Å². The number of carbonyl (C=O) groups is 3. The predicted molar refractivity (Wildman–Crippen MR) is 131 cm³/mol. The van der Waals surface area contributed by atoms with E-state index in [1.807, 2.05) is 30.3 Å². The Hall–Kier alpha value is -4.60. The van der Waals surface area contributed by atoms with Crippen LogP contribution in [0.4, 0.5) is 9.18 Å². The third-order valence-corrected chi connectivity index (χ3v) is 5.13. The molecule has 2 aromatic carbocycles. The first-order valence-electron chi connectivity index (χ1n) is 11.2. The summed E-state index contributed by atoms with van der Waals surface area (Å²) in [6.07, 6.45) is 1.48. The second-order valence-electron chi connectivity index (χ2n) is 8.34. The van der Waals surface area contributed by atoms with Gasteiger partial charge in [-0.25, -0.2) is 23.6 Å². The molecule has 0 bridgehead atoms. The lowest BCUT2D eigenvalue weighted by Gasteiger charge is -2.11. The zero-order valence-electron chi connectivity index (χ0n) is 19.7. The zero-order chi connectivity index (χ0) is 25.7. The number of aromatic nitrogens is 3. The Bertz CT molecular complexity index is 1420. The van der Waals surface area contributed by atoms with Gasteiger partial charge in [0.1, 0.15) is 5.82 Å². The first-order valence-corrected chi connectivity index (χ1v) is 11.2. The Kier molecular flexibility index (Phi) is 7.33. The lowest BCUT2D eigenvalue weighted by Crippen LogP contribution is -2.44. The average molecular weight is 490 g/mol. The summed E-state index contributed by atoms with van der Waals surface area (Å²) in [7, 11) is 0. The van der Waals surface area contributed by atoms with E-state index in [1.54, 1.807) is 36.7 Å². The molecular formula is C26H24FN5O4. The Morgan fingerprint density at radius 3 is 2.56 bits per heavy atom. The fraction of sp³-hybridized carbons (Fsp3) is 0.192. The van der Waals surface area contributed by atoms with Crippen molar-refractivity contribution in [3.63, 3.8) is 0 Å². The molecule has 4 aromatic rings. The summed E-state index contributed by atoms with van der Waals surface area (Å²) in [5.74, 6) is -1.91. The number of pyridine rings is 1. The number of benzene rings is 2. The summed E-state index contributed by atoms with van der Waals surface area (Å²) >= 11 is 0. The highest BCUT2D eigenvalue weighted by atomic mass is 19.1. The van der Waals surface area contributed by atoms with Gasteiger partial charge in [-0.15, -0.1) is 0 Å². The van der Waals surface area contributed by atoms with Crippen molar-refractivity contribution in [1.82, 2.24) is 25.4 Å². The van der Waals surface area contributed by atoms with Gasteiger partial charge in [-0.3, -0.25) is 10.1 Å². The molecule has 0 aliphatic rings. The van der Waals surface area contributed by atoms with Gasteiger partial charge in [0.2, 0.25) is 0 Å². The largest absolute Gasteiger partial charge is 0.452 e. The van der Waals surface area contributed by atoms with Gasteiger partial charge in [-0.1, -0.05) is 42.5 Å². The maximum atomic E-state index is 13.7. The summed E-state index contributed by atoms with van der Waals surface area (Å²) in [5.41, 5.74) is 2.48. The van der Waals surface area contributed by atoms with E-state index < -0.39 is 24.5 Å². The lowest BCUT2D eigenvalue weighted by atomic mass is 10.1. The quantitative estimate of drug-likeness (QED) is 0.383. The monoisotopic (exact) mass is 489 g/mol. The molecular weight excluding hydrogens is 465 g/mol. The number of urea groups is 1. The number of esters is 1. The van der Waals surface area contributed by atoms with Crippen LogP contribution in [0.25, 0.3) is 22.3 Å². The van der Waals surface area contributed by atoms with Gasteiger partial charge >= 0.3 is 12.0 Å². The van der Waals surface area contributed by atoms with E-state index in [0.717, 1.165) is 5.56 Å². The molecule has 3 amide bonds. The molecule has 0 spiro atoms. The van der Waals surface area contributed by atoms with Crippen molar-refractivity contribution >= 4 is 28.9 Å². The summed E-state index contributed by atoms with van der Waals surface area (Å²) in [4.78, 5) is 41.5. The molecule has 0 radical (unpaired) electrons. The molecule has 0 unspecified atom stereocenters. The number of fused-ring (bicyclic) bond motifs is 1. The van der Waals surface area contributed by atoms with E-state index in [2.05, 4.69) is 15.7 Å². The molecule has 0 fully saturated rings. The minimum absolute atomic E-state index is 0.156. The van der Waals surface area contributed by atoms with Crippen molar-refractivity contribution in [2.75, 3.05) is 6.61 Å². The van der Waals surface area contributed by atoms with Gasteiger partial charge in [0.25, 0.3) is 5.91 Å². The molecule has 10 heteroatoms. The summed E-state index contributed by atoms with van der Waals surface area (Å²) in [6.45, 7) is 3.08. The molecule has 9 nitrogen and oxygen atoms in total. The van der Waals surface area contributed by atoms with Gasteiger partial charge in [-0.2, -0.15) is 5.10 Å². The summed E-state index contributed by atoms with van der Waals surface area (Å²) in [6, 6.07) is 16.1. The third kappa shape index (κ3) is 5.90. The van der Waals surface area contributed by atoms with Crippen LogP contribution in [0.5, 0.6) is 0 Å². The van der Waals surface area contributed by atoms with Gasteiger partial charge in [0.05, 0.1) is 29.4 Å². The van der Waals surface area contributed by atoms with Crippen LogP contribution in [-0.4, -0.2) is 45.3 Å². The number of rotatable bonds is 7. The van der Waals surface area contributed by atoms with Crippen molar-refractivity contribution in [3.8, 4) is 11.3 Å². The van der Waals surface area contributed by atoms with Gasteiger partial charge < -0.3 is 10.1 Å². The van der Waals surface area contributed by atoms with Crippen LogP contribution >= 0.6 is 0 Å². The predicted octanol–water partition coefficient (Wildman–Crippen LogP) is 3.68. The molecule has 0 saturated carbocycles. The molecule has 0 saturated heterocycles. The Morgan fingerprint density at radius 1 is 1.06 bits per heavy atom. The second-order valence-corrected chi connectivity index (χ2v) is 8.34. The Labute approximate surface area is 206 Å². The number of imide groups is 1. The molecule has 2 heterocycles. The van der Waals surface area contributed by atoms with Crippen LogP contribution in [0.3, 0.4) is 0 Å². The Morgan fingerprint density at radius 2 is 1.83 bits per heavy atom. The molecule has 0 atom stereocenters. The highest BCUT2D eigenvalue weighted by molar-refractivity contribution is 6.04. The number of hydrogen-bond donors (Lipinski definition) is 2. The standard InChI is InChI=1S/C26H24FN5O4/c1-16(2)29-26(35)31-23(33)15-36-25(34)20-12-22(18-8-4-3-5-9-18)30-24-21(20)13-28-32(24)14-17-7-6-10-19(27)11-17/h3-13,16H,14-15H2,1-2H3,(H2,29,31,33,35). The number of nitrogens with zero attached hydrogens (tertiary/aromatic N) is 3. The lowest BCUT2D eigenvalue weighted by molar-refractivity contribution is -0.123. The van der Waals surface area contributed by atoms with Crippen LogP contribution in [0.15, 0.2) is 66.9 Å². The molecule has 36 heavy (non-hydrogen) atoms. The zero-order valence-corrected chi connectivity index (χ0v) is 19.7. The SMILES string of the molecule is CC(C)NC(=O)NC(=O)COC(=O)c1cc(-c2ccccc2)nc2c1cnn2Cc1cccc(F)c1. The third-order valence-electron chi connectivity index (χ3n) is 5.13. The molecule has 0 aliphatic heterocycles. The molecule has 2 N–H and O–H groups in total. The molecule has 0 aliphatic carbocycles. The van der Waals surface area contributed by atoms with Crippen LogP contribution in [0.1, 0.15) is 29.8 Å². The van der Waals surface area contributed by atoms with Gasteiger partial charge in [0, 0.05) is 11.6 Å². The van der Waals surface area contributed by atoms with Crippen molar-refractivity contribution in [1.29, 1.82) is 0 Å². The maximum absolute atomic E-state index is 13.7. The molecule has 4 rings (SSSR count). The fourth-order valence-corrected chi connectivity index (χ4v) is 3.57. The van der Waals surface area contributed by atoms with E-state index in [1.165, 1.54) is 18.3 Å². The first kappa shape index (κ1) is 24.5. The van der Waals surface area contributed by atoms with E-state index in [-0.39, 0.29) is 24.0 Å². The van der Waals surface area contributed by atoms with Gasteiger partial charge in [0.15, 0.2) is 12.3 Å². The smallest absolute Gasteiger partial charge is 0.339 e. The van der Waals surface area contributed by atoms with E-state index in [0.29, 0.717) is 22.3 Å². The minimum atomic E-state index is -0.774. The van der Waals surface area contributed by atoms with E-state index in [4.69, 9.17) is 9.72 Å². The number of nitrogens with one attached hydrogen (secondary N) is 2. The summed E-state index contributed by atoms with van der Waals surface area (Å²) in [5, 5.41) is 9.38. The maximum Gasteiger partial charge on any atom is 0.339 e. The first-order chi connectivity index (χ1) is 17.3. The number of carbonyl (C=O) groups excluding carboxylic acids is 3. The van der Waals surface area contributed by atoms with Crippen LogP contribution in [-0.2, 0) is 16.1 Å². The highest BCUT2D eigenvalue weighted by Gasteiger charge is 2.20. The van der Waals surface area contributed by atoms with Crippen molar-refractivity contribution < 1.29 is 23.5 Å². The van der Waals surface area contributed by atoms with Crippen LogP contribution < -0.4 is 10.6 Å². The normalized spacial score (nSPS) is 10.9. The van der Waals surface area contributed by atoms with Crippen LogP contribution in [0.2, 0.25) is 0 Å². The number of halogens is 1. The van der Waals surface area contributed by atoms with Gasteiger partial charge in [-0.05, 0) is 37.6 Å². The second kappa shape index (κ2) is 10.8. The number of amides is 3. The van der Waals surface area contributed by atoms with E-state index >= 15 is 0 Å². The molecule has 2 aromatic heterocycles. The molecule has 184 valence electrons. The van der Waals surface area contributed by atoms with E-state index in [9.17, 15) is 18.8 Å². The van der Waals surface area contributed by atoms with Crippen molar-refractivity contribution in [3.05, 3.63) is 83.8 Å².